The van der Waals surface area contributed by atoms with E-state index in [9.17, 15) is 0 Å². The Labute approximate surface area is 92.7 Å². The molecule has 0 atom stereocenters. The Bertz CT molecular complexity index is 512. The van der Waals surface area contributed by atoms with Crippen LogP contribution in [0.25, 0.3) is 10.1 Å². The average molecular weight is 273 g/mol. The zero-order valence-corrected chi connectivity index (χ0v) is 9.50. The molecular formula is C9H3BrClNS. The van der Waals surface area contributed by atoms with Crippen molar-refractivity contribution < 1.29 is 0 Å². The van der Waals surface area contributed by atoms with Gasteiger partial charge in [0, 0.05) is 4.47 Å². The van der Waals surface area contributed by atoms with E-state index >= 15 is 0 Å². The lowest BCUT2D eigenvalue weighted by atomic mass is 10.2. The van der Waals surface area contributed by atoms with Crippen molar-refractivity contribution >= 4 is 49.0 Å². The van der Waals surface area contributed by atoms with E-state index in [1.165, 1.54) is 11.3 Å². The number of hydrogen-bond acceptors (Lipinski definition) is 2. The molecule has 1 aromatic carbocycles. The number of thiophene rings is 1. The molecule has 0 aliphatic heterocycles. The van der Waals surface area contributed by atoms with Crippen molar-refractivity contribution in [3.8, 4) is 6.07 Å². The molecular weight excluding hydrogens is 270 g/mol. The molecule has 1 aromatic heterocycles. The van der Waals surface area contributed by atoms with Gasteiger partial charge >= 0.3 is 0 Å². The van der Waals surface area contributed by atoms with Crippen molar-refractivity contribution in [1.82, 2.24) is 0 Å². The zero-order chi connectivity index (χ0) is 9.42. The first-order valence-electron chi connectivity index (χ1n) is 3.49. The molecule has 0 fully saturated rings. The number of nitrogens with zero attached hydrogens (tertiary/aromatic N) is 1. The van der Waals surface area contributed by atoms with Gasteiger partial charge in [0.05, 0.1) is 9.72 Å². The van der Waals surface area contributed by atoms with Gasteiger partial charge in [-0.05, 0) is 23.6 Å². The second-order valence-electron chi connectivity index (χ2n) is 2.53. The van der Waals surface area contributed by atoms with Gasteiger partial charge in [0.2, 0.25) is 0 Å². The Hall–Kier alpha value is -0.560. The van der Waals surface area contributed by atoms with Crippen LogP contribution in [0.3, 0.4) is 0 Å². The topological polar surface area (TPSA) is 23.8 Å². The Morgan fingerprint density at radius 2 is 2.15 bits per heavy atom. The van der Waals surface area contributed by atoms with Gasteiger partial charge < -0.3 is 0 Å². The van der Waals surface area contributed by atoms with E-state index in [1.807, 2.05) is 18.2 Å². The van der Waals surface area contributed by atoms with Gasteiger partial charge in [-0.15, -0.1) is 11.3 Å². The van der Waals surface area contributed by atoms with E-state index < -0.39 is 0 Å². The zero-order valence-electron chi connectivity index (χ0n) is 6.34. The largest absolute Gasteiger partial charge is 0.192 e. The van der Waals surface area contributed by atoms with Crippen molar-refractivity contribution in [2.45, 2.75) is 0 Å². The molecule has 1 nitrogen and oxygen atoms in total. The lowest BCUT2D eigenvalue weighted by Gasteiger charge is -1.93. The second kappa shape index (κ2) is 3.30. The fourth-order valence-electron chi connectivity index (χ4n) is 1.13. The molecule has 0 N–H and O–H groups in total. The summed E-state index contributed by atoms with van der Waals surface area (Å²) in [6.45, 7) is 0. The molecule has 0 aliphatic carbocycles. The van der Waals surface area contributed by atoms with Crippen LogP contribution in [0.4, 0.5) is 0 Å². The van der Waals surface area contributed by atoms with Crippen LogP contribution in [0.5, 0.6) is 0 Å². The number of fused-ring (bicyclic) bond motifs is 1. The summed E-state index contributed by atoms with van der Waals surface area (Å²) in [6, 6.07) is 7.74. The molecule has 0 saturated heterocycles. The minimum Gasteiger partial charge on any atom is -0.192 e. The molecule has 0 aliphatic rings. The third kappa shape index (κ3) is 1.58. The van der Waals surface area contributed by atoms with E-state index in [-0.39, 0.29) is 0 Å². The van der Waals surface area contributed by atoms with Crippen molar-refractivity contribution in [3.05, 3.63) is 32.6 Å². The van der Waals surface area contributed by atoms with Crippen LogP contribution in [0, 0.1) is 11.3 Å². The van der Waals surface area contributed by atoms with Crippen LogP contribution in [0.2, 0.25) is 5.02 Å². The van der Waals surface area contributed by atoms with Gasteiger partial charge in [-0.3, -0.25) is 0 Å². The van der Waals surface area contributed by atoms with Gasteiger partial charge in [-0.2, -0.15) is 5.26 Å². The third-order valence-corrected chi connectivity index (χ3v) is 3.60. The van der Waals surface area contributed by atoms with E-state index in [0.29, 0.717) is 9.90 Å². The summed E-state index contributed by atoms with van der Waals surface area (Å²) in [5.74, 6) is 0. The smallest absolute Gasteiger partial charge is 0.110 e. The fourth-order valence-corrected chi connectivity index (χ4v) is 2.92. The highest BCUT2D eigenvalue weighted by Crippen LogP contribution is 2.34. The maximum atomic E-state index is 8.70. The van der Waals surface area contributed by atoms with Crippen molar-refractivity contribution in [1.29, 1.82) is 5.26 Å². The Kier molecular flexibility index (Phi) is 2.29. The van der Waals surface area contributed by atoms with E-state index in [1.54, 1.807) is 0 Å². The van der Waals surface area contributed by atoms with Gasteiger partial charge in [0.1, 0.15) is 10.9 Å². The minimum absolute atomic E-state index is 0.690. The maximum absolute atomic E-state index is 8.70. The summed E-state index contributed by atoms with van der Waals surface area (Å²) in [4.78, 5) is 0.690. The lowest BCUT2D eigenvalue weighted by molar-refractivity contribution is 1.52. The molecule has 1 heterocycles. The number of hydrogen-bond donors (Lipinski definition) is 0. The second-order valence-corrected chi connectivity index (χ2v) is 4.90. The van der Waals surface area contributed by atoms with Crippen LogP contribution < -0.4 is 0 Å². The number of benzene rings is 1. The van der Waals surface area contributed by atoms with Gasteiger partial charge in [0.25, 0.3) is 0 Å². The fraction of sp³-hybridized carbons (Fsp3) is 0. The summed E-state index contributed by atoms with van der Waals surface area (Å²) in [5, 5.41) is 10.4. The summed E-state index contributed by atoms with van der Waals surface area (Å²) in [6.07, 6.45) is 0. The van der Waals surface area contributed by atoms with Crippen molar-refractivity contribution in [2.75, 3.05) is 0 Å². The molecule has 13 heavy (non-hydrogen) atoms. The number of nitriles is 1. The van der Waals surface area contributed by atoms with Gasteiger partial charge in [-0.1, -0.05) is 27.5 Å². The van der Waals surface area contributed by atoms with Crippen molar-refractivity contribution in [2.24, 2.45) is 0 Å². The Morgan fingerprint density at radius 3 is 2.85 bits per heavy atom. The summed E-state index contributed by atoms with van der Waals surface area (Å²) in [5.41, 5.74) is 0. The minimum atomic E-state index is 0.690. The van der Waals surface area contributed by atoms with Gasteiger partial charge in [-0.25, -0.2) is 0 Å². The predicted molar refractivity (Wildman–Crippen MR) is 59.3 cm³/mol. The lowest BCUT2D eigenvalue weighted by Crippen LogP contribution is -1.66. The molecule has 2 aromatic rings. The van der Waals surface area contributed by atoms with E-state index in [4.69, 9.17) is 16.9 Å². The first-order valence-corrected chi connectivity index (χ1v) is 5.48. The first kappa shape index (κ1) is 9.01. The molecule has 4 heteroatoms. The quantitative estimate of drug-likeness (QED) is 0.705. The highest BCUT2D eigenvalue weighted by Gasteiger charge is 2.05. The molecule has 0 bridgehead atoms. The molecule has 0 radical (unpaired) electrons. The van der Waals surface area contributed by atoms with Crippen LogP contribution in [0.1, 0.15) is 4.88 Å². The highest BCUT2D eigenvalue weighted by molar-refractivity contribution is 9.10. The molecule has 0 amide bonds. The Morgan fingerprint density at radius 1 is 1.38 bits per heavy atom. The van der Waals surface area contributed by atoms with E-state index in [2.05, 4.69) is 22.0 Å². The summed E-state index contributed by atoms with van der Waals surface area (Å²) < 4.78 is 1.91. The van der Waals surface area contributed by atoms with Crippen molar-refractivity contribution in [3.63, 3.8) is 0 Å². The highest BCUT2D eigenvalue weighted by atomic mass is 79.9. The van der Waals surface area contributed by atoms with Crippen LogP contribution in [0.15, 0.2) is 22.7 Å². The van der Waals surface area contributed by atoms with Crippen LogP contribution >= 0.6 is 38.9 Å². The normalized spacial score (nSPS) is 10.2. The number of rotatable bonds is 0. The monoisotopic (exact) mass is 271 g/mol. The van der Waals surface area contributed by atoms with Crippen LogP contribution in [-0.4, -0.2) is 0 Å². The number of halogens is 2. The summed E-state index contributed by atoms with van der Waals surface area (Å²) >= 11 is 10.8. The molecule has 0 unspecified atom stereocenters. The van der Waals surface area contributed by atoms with E-state index in [0.717, 1.165) is 14.6 Å². The molecule has 64 valence electrons. The Balaban J connectivity index is 2.84. The standard InChI is InChI=1S/C9H3BrClNS/c10-6-1-5-2-7(4-12)13-9(5)8(11)3-6/h1-3H. The third-order valence-electron chi connectivity index (χ3n) is 1.65. The van der Waals surface area contributed by atoms with Gasteiger partial charge in [0.15, 0.2) is 0 Å². The summed E-state index contributed by atoms with van der Waals surface area (Å²) in [7, 11) is 0. The molecule has 0 saturated carbocycles. The average Bonchev–Trinajstić information content (AvgIpc) is 2.47. The molecule has 2 rings (SSSR count). The predicted octanol–water partition coefficient (Wildman–Crippen LogP) is 4.19. The molecule has 0 spiro atoms. The van der Waals surface area contributed by atoms with Crippen LogP contribution in [-0.2, 0) is 0 Å². The maximum Gasteiger partial charge on any atom is 0.110 e. The SMILES string of the molecule is N#Cc1cc2cc(Br)cc(Cl)c2s1. The first-order chi connectivity index (χ1) is 6.20.